The van der Waals surface area contributed by atoms with Crippen LogP contribution in [0.2, 0.25) is 5.02 Å². The van der Waals surface area contributed by atoms with E-state index in [1.54, 1.807) is 6.26 Å². The molecule has 0 saturated carbocycles. The van der Waals surface area contributed by atoms with Crippen molar-refractivity contribution in [3.8, 4) is 0 Å². The summed E-state index contributed by atoms with van der Waals surface area (Å²) >= 11 is 7.02. The maximum atomic E-state index is 11.9. The molecule has 0 saturated heterocycles. The summed E-state index contributed by atoms with van der Waals surface area (Å²) in [5.41, 5.74) is -0.0924. The van der Waals surface area contributed by atoms with Crippen LogP contribution in [0.1, 0.15) is 16.9 Å². The van der Waals surface area contributed by atoms with Gasteiger partial charge in [-0.05, 0) is 6.26 Å². The molecule has 3 N–H and O–H groups in total. The van der Waals surface area contributed by atoms with Crippen molar-refractivity contribution in [3.05, 3.63) is 16.9 Å². The van der Waals surface area contributed by atoms with Gasteiger partial charge in [0.15, 0.2) is 10.9 Å². The van der Waals surface area contributed by atoms with Gasteiger partial charge < -0.3 is 15.5 Å². The first kappa shape index (κ1) is 15.7. The summed E-state index contributed by atoms with van der Waals surface area (Å²) in [6, 6.07) is -1.19. The van der Waals surface area contributed by atoms with Crippen molar-refractivity contribution in [3.63, 3.8) is 0 Å². The number of aliphatic hydroxyl groups is 1. The number of hydrogen-bond donors (Lipinski definition) is 3. The molecule has 0 spiro atoms. The fourth-order valence-electron chi connectivity index (χ4n) is 1.22. The molecule has 7 nitrogen and oxygen atoms in total. The van der Waals surface area contributed by atoms with Gasteiger partial charge in [0.05, 0.1) is 11.2 Å². The number of thioether (sulfide) groups is 1. The van der Waals surface area contributed by atoms with E-state index >= 15 is 0 Å². The van der Waals surface area contributed by atoms with E-state index in [-0.39, 0.29) is 23.7 Å². The third kappa shape index (κ3) is 4.34. The Labute approximate surface area is 118 Å². The third-order valence-corrected chi connectivity index (χ3v) is 2.98. The minimum atomic E-state index is -1.24. The van der Waals surface area contributed by atoms with Crippen LogP contribution in [-0.2, 0) is 4.79 Å². The largest absolute Gasteiger partial charge is 0.480 e. The van der Waals surface area contributed by atoms with Crippen LogP contribution in [0.25, 0.3) is 0 Å². The van der Waals surface area contributed by atoms with Crippen molar-refractivity contribution in [2.24, 2.45) is 0 Å². The van der Waals surface area contributed by atoms with E-state index in [0.717, 1.165) is 0 Å². The zero-order valence-electron chi connectivity index (χ0n) is 9.96. The summed E-state index contributed by atoms with van der Waals surface area (Å²) in [7, 11) is 0. The maximum absolute atomic E-state index is 11.9. The predicted molar refractivity (Wildman–Crippen MR) is 69.4 cm³/mol. The highest BCUT2D eigenvalue weighted by molar-refractivity contribution is 7.98. The van der Waals surface area contributed by atoms with Gasteiger partial charge in [-0.15, -0.1) is 0 Å². The zero-order chi connectivity index (χ0) is 14.4. The van der Waals surface area contributed by atoms with Gasteiger partial charge >= 0.3 is 5.97 Å². The van der Waals surface area contributed by atoms with E-state index in [0.29, 0.717) is 5.16 Å². The number of nitrogens with one attached hydrogen (secondary N) is 1. The molecule has 0 aliphatic rings. The number of carboxylic acids is 1. The summed E-state index contributed by atoms with van der Waals surface area (Å²) in [4.78, 5) is 30.5. The first-order valence-electron chi connectivity index (χ1n) is 5.20. The normalized spacial score (nSPS) is 11.9. The minimum Gasteiger partial charge on any atom is -0.480 e. The number of aromatic nitrogens is 2. The monoisotopic (exact) mass is 305 g/mol. The van der Waals surface area contributed by atoms with Crippen LogP contribution in [0, 0.1) is 0 Å². The van der Waals surface area contributed by atoms with Crippen LogP contribution in [-0.4, -0.2) is 51.0 Å². The minimum absolute atomic E-state index is 0.0310. The number of carboxylic acid groups (broad SMARTS) is 1. The van der Waals surface area contributed by atoms with Crippen molar-refractivity contribution in [1.29, 1.82) is 0 Å². The van der Waals surface area contributed by atoms with E-state index in [2.05, 4.69) is 15.3 Å². The number of carbonyl (C=O) groups excluding carboxylic acids is 1. The summed E-state index contributed by atoms with van der Waals surface area (Å²) in [6.45, 7) is -0.356. The summed E-state index contributed by atoms with van der Waals surface area (Å²) in [5.74, 6) is -1.96. The molecule has 0 aromatic carbocycles. The van der Waals surface area contributed by atoms with Gasteiger partial charge in [-0.1, -0.05) is 23.4 Å². The molecule has 1 amide bonds. The Hall–Kier alpha value is -1.38. The third-order valence-electron chi connectivity index (χ3n) is 2.14. The number of halogens is 1. The Balaban J connectivity index is 2.90. The smallest absolute Gasteiger partial charge is 0.326 e. The number of rotatable bonds is 6. The van der Waals surface area contributed by atoms with Crippen molar-refractivity contribution >= 4 is 35.2 Å². The number of amides is 1. The molecule has 1 aromatic heterocycles. The first-order chi connectivity index (χ1) is 8.99. The second-order valence-electron chi connectivity index (χ2n) is 3.43. The van der Waals surface area contributed by atoms with E-state index in [9.17, 15) is 9.59 Å². The van der Waals surface area contributed by atoms with Crippen molar-refractivity contribution in [2.75, 3.05) is 12.9 Å². The number of carbonyl (C=O) groups is 2. The average molecular weight is 306 g/mol. The van der Waals surface area contributed by atoms with Crippen LogP contribution < -0.4 is 5.32 Å². The summed E-state index contributed by atoms with van der Waals surface area (Å²) < 4.78 is 0. The Morgan fingerprint density at radius 3 is 2.79 bits per heavy atom. The van der Waals surface area contributed by atoms with Gasteiger partial charge in [0.2, 0.25) is 0 Å². The Morgan fingerprint density at radius 2 is 2.26 bits per heavy atom. The molecule has 9 heteroatoms. The van der Waals surface area contributed by atoms with Crippen molar-refractivity contribution in [2.45, 2.75) is 17.6 Å². The van der Waals surface area contributed by atoms with Crippen LogP contribution in [0.3, 0.4) is 0 Å². The van der Waals surface area contributed by atoms with E-state index in [1.807, 2.05) is 0 Å². The Kier molecular flexibility index (Phi) is 6.00. The lowest BCUT2D eigenvalue weighted by molar-refractivity contribution is -0.139. The van der Waals surface area contributed by atoms with Crippen LogP contribution in [0.5, 0.6) is 0 Å². The Morgan fingerprint density at radius 1 is 1.58 bits per heavy atom. The lowest BCUT2D eigenvalue weighted by atomic mass is 10.2. The molecule has 0 radical (unpaired) electrons. The highest BCUT2D eigenvalue weighted by Crippen LogP contribution is 2.16. The van der Waals surface area contributed by atoms with Gasteiger partial charge in [0.25, 0.3) is 5.91 Å². The molecule has 104 valence electrons. The van der Waals surface area contributed by atoms with Gasteiger partial charge in [0, 0.05) is 13.0 Å². The molecular weight excluding hydrogens is 294 g/mol. The second kappa shape index (κ2) is 7.27. The highest BCUT2D eigenvalue weighted by Gasteiger charge is 2.22. The molecule has 1 heterocycles. The average Bonchev–Trinajstić information content (AvgIpc) is 2.38. The highest BCUT2D eigenvalue weighted by atomic mass is 35.5. The van der Waals surface area contributed by atoms with Gasteiger partial charge in [0.1, 0.15) is 6.04 Å². The number of hydrogen-bond acceptors (Lipinski definition) is 6. The molecule has 0 aliphatic carbocycles. The standard InChI is InChI=1S/C10H12ClN3O4S/c1-19-10-12-4-5(11)7(14-10)8(16)13-6(2-3-15)9(17)18/h4,6,15H,2-3H2,1H3,(H,13,16)(H,17,18)/t6-/m1/s1. The van der Waals surface area contributed by atoms with Gasteiger partial charge in [-0.3, -0.25) is 4.79 Å². The number of aliphatic carboxylic acids is 1. The molecule has 0 fully saturated rings. The quantitative estimate of drug-likeness (QED) is 0.515. The van der Waals surface area contributed by atoms with E-state index in [4.69, 9.17) is 21.8 Å². The van der Waals surface area contributed by atoms with Gasteiger partial charge in [-0.25, -0.2) is 14.8 Å². The SMILES string of the molecule is CSc1ncc(Cl)c(C(=O)N[C@H](CCO)C(=O)O)n1. The predicted octanol–water partition coefficient (Wildman–Crippen LogP) is 0.417. The molecule has 0 bridgehead atoms. The first-order valence-corrected chi connectivity index (χ1v) is 6.81. The van der Waals surface area contributed by atoms with E-state index in [1.165, 1.54) is 18.0 Å². The molecule has 1 rings (SSSR count). The topological polar surface area (TPSA) is 112 Å². The fourth-order valence-corrected chi connectivity index (χ4v) is 1.74. The molecule has 0 aliphatic heterocycles. The lowest BCUT2D eigenvalue weighted by Crippen LogP contribution is -2.41. The molecule has 1 atom stereocenters. The second-order valence-corrected chi connectivity index (χ2v) is 4.61. The summed E-state index contributed by atoms with van der Waals surface area (Å²) in [5, 5.41) is 20.2. The van der Waals surface area contributed by atoms with Crippen LogP contribution >= 0.6 is 23.4 Å². The molecule has 1 aromatic rings. The molecule has 0 unspecified atom stereocenters. The molecule has 19 heavy (non-hydrogen) atoms. The van der Waals surface area contributed by atoms with Crippen molar-refractivity contribution in [1.82, 2.24) is 15.3 Å². The Bertz CT molecular complexity index is 486. The summed E-state index contributed by atoms with van der Waals surface area (Å²) in [6.07, 6.45) is 2.91. The number of aliphatic hydroxyl groups excluding tert-OH is 1. The van der Waals surface area contributed by atoms with E-state index < -0.39 is 17.9 Å². The maximum Gasteiger partial charge on any atom is 0.326 e. The van der Waals surface area contributed by atoms with Crippen LogP contribution in [0.15, 0.2) is 11.4 Å². The fraction of sp³-hybridized carbons (Fsp3) is 0.400. The number of nitrogens with zero attached hydrogens (tertiary/aromatic N) is 2. The zero-order valence-corrected chi connectivity index (χ0v) is 11.5. The van der Waals surface area contributed by atoms with Gasteiger partial charge in [-0.2, -0.15) is 0 Å². The molecular formula is C10H12ClN3O4S. The van der Waals surface area contributed by atoms with Crippen molar-refractivity contribution < 1.29 is 19.8 Å². The van der Waals surface area contributed by atoms with Crippen LogP contribution in [0.4, 0.5) is 0 Å². The lowest BCUT2D eigenvalue weighted by Gasteiger charge is -2.13.